The first-order valence-corrected chi connectivity index (χ1v) is 9.30. The molecular weight excluding hydrogens is 242 g/mol. The summed E-state index contributed by atoms with van der Waals surface area (Å²) in [5.74, 6) is 3.94. The molecule has 20 heavy (non-hydrogen) atoms. The monoisotopic (exact) mass is 279 g/mol. The summed E-state index contributed by atoms with van der Waals surface area (Å²) in [6.07, 6.45) is 13.1. The zero-order chi connectivity index (χ0) is 14.5. The smallest absolute Gasteiger partial charge is 0.00948 e. The molecule has 1 heterocycles. The fourth-order valence-corrected chi connectivity index (χ4v) is 4.98. The maximum Gasteiger partial charge on any atom is 0.00948 e. The molecule has 0 radical (unpaired) electrons. The lowest BCUT2D eigenvalue weighted by atomic mass is 9.68. The van der Waals surface area contributed by atoms with Gasteiger partial charge in [-0.05, 0) is 75.8 Å². The lowest BCUT2D eigenvalue weighted by Crippen LogP contribution is -2.39. The molecule has 0 aromatic rings. The molecule has 2 fully saturated rings. The minimum absolute atomic E-state index is 0.890. The maximum atomic E-state index is 2.65. The number of rotatable bonds is 5. The van der Waals surface area contributed by atoms with Gasteiger partial charge in [-0.2, -0.15) is 0 Å². The van der Waals surface area contributed by atoms with Gasteiger partial charge in [0.25, 0.3) is 0 Å². The minimum atomic E-state index is 0.890. The maximum absolute atomic E-state index is 2.65. The predicted octanol–water partition coefficient (Wildman–Crippen LogP) is 5.35. The summed E-state index contributed by atoms with van der Waals surface area (Å²) < 4.78 is 0. The van der Waals surface area contributed by atoms with Gasteiger partial charge in [-0.1, -0.05) is 40.0 Å². The number of likely N-dealkylation sites (tertiary alicyclic amines) is 1. The van der Waals surface area contributed by atoms with E-state index in [0.717, 1.165) is 29.7 Å². The van der Waals surface area contributed by atoms with Gasteiger partial charge in [-0.15, -0.1) is 0 Å². The van der Waals surface area contributed by atoms with Crippen molar-refractivity contribution < 1.29 is 0 Å². The standard InChI is InChI=1S/C19H37N/c1-5-8-16(3)18-12-15(2)11-17(13-18)14-19-9-6-7-10-20(19)4/h15-19H,5-14H2,1-4H3. The highest BCUT2D eigenvalue weighted by Crippen LogP contribution is 2.41. The van der Waals surface area contributed by atoms with Crippen LogP contribution in [0.2, 0.25) is 0 Å². The van der Waals surface area contributed by atoms with E-state index in [9.17, 15) is 0 Å². The minimum Gasteiger partial charge on any atom is -0.303 e. The molecular formula is C19H37N. The van der Waals surface area contributed by atoms with Crippen LogP contribution in [0, 0.1) is 23.7 Å². The van der Waals surface area contributed by atoms with Crippen molar-refractivity contribution in [3.8, 4) is 0 Å². The van der Waals surface area contributed by atoms with E-state index in [1.807, 2.05) is 0 Å². The lowest BCUT2D eigenvalue weighted by Gasteiger charge is -2.40. The summed E-state index contributed by atoms with van der Waals surface area (Å²) in [4.78, 5) is 2.65. The van der Waals surface area contributed by atoms with E-state index >= 15 is 0 Å². The van der Waals surface area contributed by atoms with Gasteiger partial charge in [-0.25, -0.2) is 0 Å². The van der Waals surface area contributed by atoms with Crippen LogP contribution in [0.5, 0.6) is 0 Å². The van der Waals surface area contributed by atoms with E-state index in [4.69, 9.17) is 0 Å². The van der Waals surface area contributed by atoms with Gasteiger partial charge in [-0.3, -0.25) is 0 Å². The number of hydrogen-bond acceptors (Lipinski definition) is 1. The molecule has 1 saturated carbocycles. The van der Waals surface area contributed by atoms with Crippen LogP contribution >= 0.6 is 0 Å². The highest BCUT2D eigenvalue weighted by molar-refractivity contribution is 4.84. The predicted molar refractivity (Wildman–Crippen MR) is 89.0 cm³/mol. The van der Waals surface area contributed by atoms with Crippen LogP contribution < -0.4 is 0 Å². The van der Waals surface area contributed by atoms with Crippen molar-refractivity contribution >= 4 is 0 Å². The Morgan fingerprint density at radius 3 is 2.65 bits per heavy atom. The Kier molecular flexibility index (Phi) is 6.39. The van der Waals surface area contributed by atoms with E-state index in [-0.39, 0.29) is 0 Å². The molecule has 1 aliphatic heterocycles. The molecule has 1 aliphatic carbocycles. The number of nitrogens with zero attached hydrogens (tertiary/aromatic N) is 1. The van der Waals surface area contributed by atoms with Crippen molar-refractivity contribution in [1.29, 1.82) is 0 Å². The Bertz CT molecular complexity index is 275. The largest absolute Gasteiger partial charge is 0.303 e. The third-order valence-electron chi connectivity index (χ3n) is 6.15. The first-order valence-electron chi connectivity index (χ1n) is 9.30. The number of hydrogen-bond donors (Lipinski definition) is 0. The van der Waals surface area contributed by atoms with Crippen LogP contribution in [0.25, 0.3) is 0 Å². The molecule has 5 unspecified atom stereocenters. The molecule has 5 atom stereocenters. The normalized spacial score (nSPS) is 37.8. The summed E-state index contributed by atoms with van der Waals surface area (Å²) in [6, 6.07) is 0.890. The van der Waals surface area contributed by atoms with Gasteiger partial charge in [0.05, 0.1) is 0 Å². The Morgan fingerprint density at radius 2 is 1.95 bits per heavy atom. The zero-order valence-electron chi connectivity index (χ0n) is 14.4. The van der Waals surface area contributed by atoms with Crippen LogP contribution in [0.3, 0.4) is 0 Å². The van der Waals surface area contributed by atoms with Crippen LogP contribution in [-0.2, 0) is 0 Å². The Morgan fingerprint density at radius 1 is 1.15 bits per heavy atom. The molecule has 118 valence electrons. The quantitative estimate of drug-likeness (QED) is 0.655. The van der Waals surface area contributed by atoms with Crippen molar-refractivity contribution in [3.05, 3.63) is 0 Å². The molecule has 0 aromatic heterocycles. The molecule has 0 N–H and O–H groups in total. The Hall–Kier alpha value is -0.0400. The average molecular weight is 280 g/mol. The average Bonchev–Trinajstić information content (AvgIpc) is 2.41. The van der Waals surface area contributed by atoms with Gasteiger partial charge < -0.3 is 4.90 Å². The van der Waals surface area contributed by atoms with E-state index in [1.165, 1.54) is 64.3 Å². The second kappa shape index (κ2) is 7.82. The molecule has 0 aromatic carbocycles. The molecule has 1 heteroatoms. The van der Waals surface area contributed by atoms with E-state index in [2.05, 4.69) is 32.7 Å². The van der Waals surface area contributed by atoms with E-state index in [0.29, 0.717) is 0 Å². The fraction of sp³-hybridized carbons (Fsp3) is 1.00. The molecule has 0 amide bonds. The van der Waals surface area contributed by atoms with Gasteiger partial charge in [0.2, 0.25) is 0 Å². The first-order chi connectivity index (χ1) is 9.60. The first kappa shape index (κ1) is 16.3. The SMILES string of the molecule is CCCC(C)C1CC(C)CC(CC2CCCCN2C)C1. The van der Waals surface area contributed by atoms with Gasteiger partial charge in [0.1, 0.15) is 0 Å². The van der Waals surface area contributed by atoms with Crippen LogP contribution in [0.15, 0.2) is 0 Å². The van der Waals surface area contributed by atoms with Crippen LogP contribution in [0.1, 0.15) is 78.6 Å². The molecule has 2 rings (SSSR count). The van der Waals surface area contributed by atoms with Crippen molar-refractivity contribution in [3.63, 3.8) is 0 Å². The topological polar surface area (TPSA) is 3.24 Å². The van der Waals surface area contributed by atoms with E-state index in [1.54, 1.807) is 0 Å². The summed E-state index contributed by atoms with van der Waals surface area (Å²) >= 11 is 0. The van der Waals surface area contributed by atoms with Gasteiger partial charge in [0.15, 0.2) is 0 Å². The second-order valence-electron chi connectivity index (χ2n) is 8.07. The van der Waals surface area contributed by atoms with Gasteiger partial charge in [0, 0.05) is 6.04 Å². The van der Waals surface area contributed by atoms with Gasteiger partial charge >= 0.3 is 0 Å². The fourth-order valence-electron chi connectivity index (χ4n) is 4.98. The molecule has 1 nitrogen and oxygen atoms in total. The summed E-state index contributed by atoms with van der Waals surface area (Å²) in [5.41, 5.74) is 0. The van der Waals surface area contributed by atoms with Crippen LogP contribution in [0.4, 0.5) is 0 Å². The molecule has 0 bridgehead atoms. The molecule has 2 aliphatic rings. The summed E-state index contributed by atoms with van der Waals surface area (Å²) in [7, 11) is 2.35. The van der Waals surface area contributed by atoms with Crippen molar-refractivity contribution in [2.45, 2.75) is 84.6 Å². The third-order valence-corrected chi connectivity index (χ3v) is 6.15. The number of piperidine rings is 1. The Balaban J connectivity index is 1.87. The highest BCUT2D eigenvalue weighted by atomic mass is 15.1. The van der Waals surface area contributed by atoms with E-state index < -0.39 is 0 Å². The highest BCUT2D eigenvalue weighted by Gasteiger charge is 2.32. The molecule has 1 saturated heterocycles. The molecule has 0 spiro atoms. The van der Waals surface area contributed by atoms with Crippen molar-refractivity contribution in [1.82, 2.24) is 4.90 Å². The lowest BCUT2D eigenvalue weighted by molar-refractivity contribution is 0.101. The summed E-state index contributed by atoms with van der Waals surface area (Å²) in [5, 5.41) is 0. The van der Waals surface area contributed by atoms with Crippen LogP contribution in [-0.4, -0.2) is 24.5 Å². The van der Waals surface area contributed by atoms with Crippen molar-refractivity contribution in [2.24, 2.45) is 23.7 Å². The second-order valence-corrected chi connectivity index (χ2v) is 8.07. The Labute approximate surface area is 127 Å². The zero-order valence-corrected chi connectivity index (χ0v) is 14.4. The van der Waals surface area contributed by atoms with Crippen molar-refractivity contribution in [2.75, 3.05) is 13.6 Å². The third kappa shape index (κ3) is 4.48. The summed E-state index contributed by atoms with van der Waals surface area (Å²) in [6.45, 7) is 8.69.